The predicted octanol–water partition coefficient (Wildman–Crippen LogP) is 3.48. The molecule has 3 rings (SSSR count). The second-order valence-electron chi connectivity index (χ2n) is 5.68. The molecule has 7 heteroatoms. The predicted molar refractivity (Wildman–Crippen MR) is 96.6 cm³/mol. The monoisotopic (exact) mass is 354 g/mol. The maximum absolute atomic E-state index is 13.3. The van der Waals surface area contributed by atoms with Gasteiger partial charge in [-0.2, -0.15) is 0 Å². The van der Waals surface area contributed by atoms with Crippen LogP contribution < -0.4 is 15.4 Å². The molecular weight excluding hydrogens is 335 g/mol. The molecule has 2 aromatic carbocycles. The summed E-state index contributed by atoms with van der Waals surface area (Å²) in [6.45, 7) is 0. The van der Waals surface area contributed by atoms with Crippen LogP contribution in [0.1, 0.15) is 17.4 Å². The summed E-state index contributed by atoms with van der Waals surface area (Å²) in [7, 11) is 3.37. The van der Waals surface area contributed by atoms with Crippen molar-refractivity contribution in [2.24, 2.45) is 7.05 Å². The van der Waals surface area contributed by atoms with Crippen LogP contribution in [-0.4, -0.2) is 22.7 Å². The van der Waals surface area contributed by atoms with Crippen LogP contribution in [0.4, 0.5) is 14.9 Å². The van der Waals surface area contributed by atoms with Crippen molar-refractivity contribution in [1.82, 2.24) is 14.9 Å². The summed E-state index contributed by atoms with van der Waals surface area (Å²) >= 11 is 0. The van der Waals surface area contributed by atoms with E-state index in [2.05, 4.69) is 15.6 Å². The zero-order valence-corrected chi connectivity index (χ0v) is 14.4. The Kier molecular flexibility index (Phi) is 5.17. The molecule has 0 saturated heterocycles. The van der Waals surface area contributed by atoms with E-state index in [0.717, 1.165) is 5.56 Å². The zero-order valence-electron chi connectivity index (χ0n) is 14.4. The van der Waals surface area contributed by atoms with E-state index in [-0.39, 0.29) is 5.82 Å². The van der Waals surface area contributed by atoms with Crippen LogP contribution in [0.5, 0.6) is 5.75 Å². The number of carbonyl (C=O) groups excluding carboxylic acids is 1. The summed E-state index contributed by atoms with van der Waals surface area (Å²) in [6, 6.07) is 12.1. The van der Waals surface area contributed by atoms with Crippen molar-refractivity contribution in [2.45, 2.75) is 6.04 Å². The third-order valence-corrected chi connectivity index (χ3v) is 3.95. The molecule has 0 fully saturated rings. The first-order valence-electron chi connectivity index (χ1n) is 8.01. The van der Waals surface area contributed by atoms with E-state index in [9.17, 15) is 9.18 Å². The van der Waals surface area contributed by atoms with Gasteiger partial charge >= 0.3 is 6.03 Å². The average molecular weight is 354 g/mol. The molecule has 0 aliphatic heterocycles. The Bertz CT molecular complexity index is 893. The Morgan fingerprint density at radius 3 is 2.58 bits per heavy atom. The summed E-state index contributed by atoms with van der Waals surface area (Å²) in [4.78, 5) is 16.9. The standard InChI is InChI=1S/C19H19FN4O2/c1-24-12-11-21-18(24)17(13-7-9-14(20)10-8-13)23-19(25)22-15-5-3-4-6-16(15)26-2/h3-12,17H,1-2H3,(H2,22,23,25)/t17-/m1/s1. The normalized spacial score (nSPS) is 11.7. The Labute approximate surface area is 150 Å². The molecule has 0 radical (unpaired) electrons. The number of anilines is 1. The molecule has 134 valence electrons. The van der Waals surface area contributed by atoms with Crippen molar-refractivity contribution in [1.29, 1.82) is 0 Å². The number of hydrogen-bond acceptors (Lipinski definition) is 3. The number of urea groups is 1. The van der Waals surface area contributed by atoms with E-state index in [4.69, 9.17) is 4.74 Å². The number of aryl methyl sites for hydroxylation is 1. The van der Waals surface area contributed by atoms with Crippen molar-refractivity contribution < 1.29 is 13.9 Å². The van der Waals surface area contributed by atoms with Crippen LogP contribution in [0, 0.1) is 5.82 Å². The molecule has 0 unspecified atom stereocenters. The SMILES string of the molecule is COc1ccccc1NC(=O)N[C@H](c1ccc(F)cc1)c1nccn1C. The highest BCUT2D eigenvalue weighted by atomic mass is 19.1. The topological polar surface area (TPSA) is 68.2 Å². The number of hydrogen-bond donors (Lipinski definition) is 2. The molecule has 1 heterocycles. The minimum atomic E-state index is -0.537. The fourth-order valence-corrected chi connectivity index (χ4v) is 2.64. The first-order chi connectivity index (χ1) is 12.6. The van der Waals surface area contributed by atoms with Crippen molar-refractivity contribution in [2.75, 3.05) is 12.4 Å². The van der Waals surface area contributed by atoms with E-state index < -0.39 is 12.1 Å². The highest BCUT2D eigenvalue weighted by Crippen LogP contribution is 2.24. The molecular formula is C19H19FN4O2. The number of ether oxygens (including phenoxy) is 1. The lowest BCUT2D eigenvalue weighted by Crippen LogP contribution is -2.34. The van der Waals surface area contributed by atoms with Gasteiger partial charge in [0.2, 0.25) is 0 Å². The number of para-hydroxylation sites is 2. The largest absolute Gasteiger partial charge is 0.495 e. The van der Waals surface area contributed by atoms with Gasteiger partial charge in [-0.15, -0.1) is 0 Å². The van der Waals surface area contributed by atoms with Gasteiger partial charge in [0.15, 0.2) is 0 Å². The molecule has 3 aromatic rings. The maximum Gasteiger partial charge on any atom is 0.320 e. The third-order valence-electron chi connectivity index (χ3n) is 3.95. The number of benzene rings is 2. The van der Waals surface area contributed by atoms with E-state index in [1.165, 1.54) is 19.2 Å². The summed E-state index contributed by atoms with van der Waals surface area (Å²) < 4.78 is 20.3. The second-order valence-corrected chi connectivity index (χ2v) is 5.68. The van der Waals surface area contributed by atoms with Crippen molar-refractivity contribution in [3.8, 4) is 5.75 Å². The first kappa shape index (κ1) is 17.5. The lowest BCUT2D eigenvalue weighted by Gasteiger charge is -2.20. The first-order valence-corrected chi connectivity index (χ1v) is 8.01. The van der Waals surface area contributed by atoms with Gasteiger partial charge in [0.25, 0.3) is 0 Å². The van der Waals surface area contributed by atoms with E-state index in [1.54, 1.807) is 47.3 Å². The summed E-state index contributed by atoms with van der Waals surface area (Å²) in [5.41, 5.74) is 1.26. The van der Waals surface area contributed by atoms with Crippen LogP contribution in [0.25, 0.3) is 0 Å². The van der Waals surface area contributed by atoms with Gasteiger partial charge in [0, 0.05) is 19.4 Å². The molecule has 2 amide bonds. The zero-order chi connectivity index (χ0) is 18.5. The fraction of sp³-hybridized carbons (Fsp3) is 0.158. The Hall–Kier alpha value is -3.35. The van der Waals surface area contributed by atoms with Gasteiger partial charge in [0.1, 0.15) is 23.4 Å². The van der Waals surface area contributed by atoms with Gasteiger partial charge in [0.05, 0.1) is 12.8 Å². The van der Waals surface area contributed by atoms with Gasteiger partial charge in [-0.25, -0.2) is 14.2 Å². The summed E-state index contributed by atoms with van der Waals surface area (Å²) in [5.74, 6) is 0.843. The molecule has 2 N–H and O–H groups in total. The van der Waals surface area contributed by atoms with Crippen molar-refractivity contribution >= 4 is 11.7 Å². The quantitative estimate of drug-likeness (QED) is 0.737. The lowest BCUT2D eigenvalue weighted by molar-refractivity contribution is 0.249. The summed E-state index contributed by atoms with van der Waals surface area (Å²) in [6.07, 6.45) is 3.43. The molecule has 0 bridgehead atoms. The number of halogens is 1. The highest BCUT2D eigenvalue weighted by molar-refractivity contribution is 5.91. The minimum Gasteiger partial charge on any atom is -0.495 e. The van der Waals surface area contributed by atoms with E-state index in [0.29, 0.717) is 17.3 Å². The number of methoxy groups -OCH3 is 1. The molecule has 6 nitrogen and oxygen atoms in total. The molecule has 0 saturated carbocycles. The number of imidazole rings is 1. The van der Waals surface area contributed by atoms with Crippen LogP contribution in [0.3, 0.4) is 0 Å². The molecule has 1 atom stereocenters. The molecule has 0 spiro atoms. The number of aromatic nitrogens is 2. The smallest absolute Gasteiger partial charge is 0.320 e. The highest BCUT2D eigenvalue weighted by Gasteiger charge is 2.21. The van der Waals surface area contributed by atoms with Crippen LogP contribution in [0.15, 0.2) is 60.9 Å². The molecule has 0 aliphatic rings. The van der Waals surface area contributed by atoms with Gasteiger partial charge in [-0.1, -0.05) is 24.3 Å². The van der Waals surface area contributed by atoms with Crippen molar-refractivity contribution in [3.63, 3.8) is 0 Å². The van der Waals surface area contributed by atoms with Crippen molar-refractivity contribution in [3.05, 3.63) is 78.1 Å². The Morgan fingerprint density at radius 1 is 1.19 bits per heavy atom. The Balaban J connectivity index is 1.85. The number of carbonyl (C=O) groups is 1. The lowest BCUT2D eigenvalue weighted by atomic mass is 10.1. The fourth-order valence-electron chi connectivity index (χ4n) is 2.64. The number of nitrogens with zero attached hydrogens (tertiary/aromatic N) is 2. The van der Waals surface area contributed by atoms with Crippen LogP contribution in [-0.2, 0) is 7.05 Å². The van der Waals surface area contributed by atoms with Crippen LogP contribution in [0.2, 0.25) is 0 Å². The molecule has 0 aliphatic carbocycles. The van der Waals surface area contributed by atoms with Gasteiger partial charge in [-0.05, 0) is 29.8 Å². The van der Waals surface area contributed by atoms with Gasteiger partial charge in [-0.3, -0.25) is 0 Å². The summed E-state index contributed by atoms with van der Waals surface area (Å²) in [5, 5.41) is 5.65. The second kappa shape index (κ2) is 7.69. The third kappa shape index (κ3) is 3.83. The number of nitrogens with one attached hydrogen (secondary N) is 2. The maximum atomic E-state index is 13.3. The van der Waals surface area contributed by atoms with Crippen LogP contribution >= 0.6 is 0 Å². The van der Waals surface area contributed by atoms with E-state index >= 15 is 0 Å². The van der Waals surface area contributed by atoms with Gasteiger partial charge < -0.3 is 19.9 Å². The Morgan fingerprint density at radius 2 is 1.92 bits per heavy atom. The molecule has 26 heavy (non-hydrogen) atoms. The number of amides is 2. The van der Waals surface area contributed by atoms with E-state index in [1.807, 2.05) is 13.1 Å². The average Bonchev–Trinajstić information content (AvgIpc) is 3.07. The molecule has 1 aromatic heterocycles. The minimum absolute atomic E-state index is 0.342. The number of rotatable bonds is 5.